The van der Waals surface area contributed by atoms with Crippen molar-refractivity contribution >= 4 is 27.4 Å². The summed E-state index contributed by atoms with van der Waals surface area (Å²) in [6.07, 6.45) is -4.52. The van der Waals surface area contributed by atoms with Crippen LogP contribution < -0.4 is 5.73 Å². The second-order valence-electron chi connectivity index (χ2n) is 4.14. The molecule has 0 aliphatic carbocycles. The molecule has 0 atom stereocenters. The van der Waals surface area contributed by atoms with E-state index in [-0.39, 0.29) is 15.6 Å². The Bertz CT molecular complexity index is 650. The molecule has 0 saturated heterocycles. The normalized spacial score (nSPS) is 11.4. The van der Waals surface area contributed by atoms with Gasteiger partial charge in [0.15, 0.2) is 5.78 Å². The van der Waals surface area contributed by atoms with E-state index in [2.05, 4.69) is 15.9 Å². The quantitative estimate of drug-likeness (QED) is 0.653. The van der Waals surface area contributed by atoms with E-state index >= 15 is 0 Å². The summed E-state index contributed by atoms with van der Waals surface area (Å²) in [7, 11) is 0. The molecule has 0 radical (unpaired) electrons. The lowest BCUT2D eigenvalue weighted by molar-refractivity contribution is -0.138. The number of hydrogen-bond donors (Lipinski definition) is 1. The summed E-state index contributed by atoms with van der Waals surface area (Å²) in [5, 5.41) is 0. The average Bonchev–Trinajstić information content (AvgIpc) is 2.38. The molecule has 0 unspecified atom stereocenters. The second kappa shape index (κ2) is 5.28. The molecular weight excluding hydrogens is 335 g/mol. The predicted molar refractivity (Wildman–Crippen MR) is 73.4 cm³/mol. The first-order valence-corrected chi connectivity index (χ1v) is 6.35. The Morgan fingerprint density at radius 1 is 1.00 bits per heavy atom. The minimum atomic E-state index is -4.52. The highest BCUT2D eigenvalue weighted by molar-refractivity contribution is 9.10. The first kappa shape index (κ1) is 14.6. The Labute approximate surface area is 121 Å². The summed E-state index contributed by atoms with van der Waals surface area (Å²) in [5.74, 6) is -0.483. The lowest BCUT2D eigenvalue weighted by atomic mass is 10.0. The summed E-state index contributed by atoms with van der Waals surface area (Å²) in [5.41, 5.74) is 5.37. The largest absolute Gasteiger partial charge is 0.417 e. The second-order valence-corrected chi connectivity index (χ2v) is 5.00. The molecule has 2 rings (SSSR count). The Morgan fingerprint density at radius 3 is 2.10 bits per heavy atom. The van der Waals surface area contributed by atoms with Crippen molar-refractivity contribution in [3.05, 3.63) is 63.6 Å². The van der Waals surface area contributed by atoms with Crippen LogP contribution in [0.3, 0.4) is 0 Å². The number of benzene rings is 2. The number of alkyl halides is 3. The van der Waals surface area contributed by atoms with Crippen LogP contribution in [0.15, 0.2) is 46.9 Å². The first-order chi connectivity index (χ1) is 9.29. The summed E-state index contributed by atoms with van der Waals surface area (Å²) in [6.45, 7) is 0. The van der Waals surface area contributed by atoms with Gasteiger partial charge in [-0.05, 0) is 42.5 Å². The molecular formula is C14H9BrF3NO. The lowest BCUT2D eigenvalue weighted by Gasteiger charge is -2.10. The molecule has 0 amide bonds. The van der Waals surface area contributed by atoms with Crippen LogP contribution in [0.1, 0.15) is 21.5 Å². The van der Waals surface area contributed by atoms with Gasteiger partial charge in [-0.2, -0.15) is 13.2 Å². The summed E-state index contributed by atoms with van der Waals surface area (Å²) < 4.78 is 38.3. The van der Waals surface area contributed by atoms with Crippen molar-refractivity contribution in [2.24, 2.45) is 0 Å². The van der Waals surface area contributed by atoms with Gasteiger partial charge in [0.2, 0.25) is 0 Å². The molecule has 2 N–H and O–H groups in total. The summed E-state index contributed by atoms with van der Waals surface area (Å²) >= 11 is 2.83. The van der Waals surface area contributed by atoms with E-state index in [1.54, 1.807) is 0 Å². The molecule has 0 aliphatic heterocycles. The van der Waals surface area contributed by atoms with Crippen molar-refractivity contribution in [1.82, 2.24) is 0 Å². The molecule has 0 heterocycles. The fourth-order valence-electron chi connectivity index (χ4n) is 1.68. The topological polar surface area (TPSA) is 43.1 Å². The van der Waals surface area contributed by atoms with Crippen LogP contribution in [0.5, 0.6) is 0 Å². The van der Waals surface area contributed by atoms with Gasteiger partial charge in [0.25, 0.3) is 0 Å². The van der Waals surface area contributed by atoms with Gasteiger partial charge in [0, 0.05) is 21.3 Å². The van der Waals surface area contributed by atoms with E-state index in [1.165, 1.54) is 36.4 Å². The minimum Gasteiger partial charge on any atom is -0.399 e. The van der Waals surface area contributed by atoms with E-state index in [9.17, 15) is 18.0 Å². The summed E-state index contributed by atoms with van der Waals surface area (Å²) in [4.78, 5) is 12.1. The van der Waals surface area contributed by atoms with E-state index in [0.29, 0.717) is 5.69 Å². The number of carbonyl (C=O) groups excluding carboxylic acids is 1. The van der Waals surface area contributed by atoms with Gasteiger partial charge >= 0.3 is 6.18 Å². The average molecular weight is 344 g/mol. The number of carbonyl (C=O) groups is 1. The van der Waals surface area contributed by atoms with E-state index in [4.69, 9.17) is 5.73 Å². The fraction of sp³-hybridized carbons (Fsp3) is 0.0714. The standard InChI is InChI=1S/C14H9BrF3NO/c15-12-6-3-9(7-11(12)14(16,17)18)13(20)8-1-4-10(19)5-2-8/h1-7H,19H2. The highest BCUT2D eigenvalue weighted by atomic mass is 79.9. The molecule has 104 valence electrons. The van der Waals surface area contributed by atoms with Gasteiger partial charge in [0.1, 0.15) is 0 Å². The third kappa shape index (κ3) is 3.01. The number of nitrogen functional groups attached to an aromatic ring is 1. The van der Waals surface area contributed by atoms with Gasteiger partial charge in [-0.1, -0.05) is 15.9 Å². The zero-order valence-corrected chi connectivity index (χ0v) is 11.6. The fourth-order valence-corrected chi connectivity index (χ4v) is 2.16. The van der Waals surface area contributed by atoms with Crippen LogP contribution >= 0.6 is 15.9 Å². The maximum atomic E-state index is 12.8. The number of anilines is 1. The first-order valence-electron chi connectivity index (χ1n) is 5.56. The van der Waals surface area contributed by atoms with Crippen LogP contribution in [0.2, 0.25) is 0 Å². The van der Waals surface area contributed by atoms with Crippen molar-refractivity contribution in [3.63, 3.8) is 0 Å². The molecule has 20 heavy (non-hydrogen) atoms. The molecule has 0 saturated carbocycles. The Kier molecular flexibility index (Phi) is 3.85. The van der Waals surface area contributed by atoms with Crippen LogP contribution in [0.25, 0.3) is 0 Å². The highest BCUT2D eigenvalue weighted by Gasteiger charge is 2.33. The molecule has 2 aromatic carbocycles. The summed E-state index contributed by atoms with van der Waals surface area (Å²) in [6, 6.07) is 9.40. The number of hydrogen-bond acceptors (Lipinski definition) is 2. The Morgan fingerprint density at radius 2 is 1.55 bits per heavy atom. The Balaban J connectivity index is 2.43. The number of rotatable bonds is 2. The molecule has 0 aliphatic rings. The SMILES string of the molecule is Nc1ccc(C(=O)c2ccc(Br)c(C(F)(F)F)c2)cc1. The maximum absolute atomic E-state index is 12.8. The number of halogens is 4. The number of nitrogens with two attached hydrogens (primary N) is 1. The molecule has 0 fully saturated rings. The molecule has 0 aromatic heterocycles. The monoisotopic (exact) mass is 343 g/mol. The zero-order chi connectivity index (χ0) is 14.9. The third-order valence-electron chi connectivity index (χ3n) is 2.71. The van der Waals surface area contributed by atoms with E-state index in [1.807, 2.05) is 0 Å². The van der Waals surface area contributed by atoms with Crippen molar-refractivity contribution < 1.29 is 18.0 Å². The lowest BCUT2D eigenvalue weighted by Crippen LogP contribution is -2.09. The van der Waals surface area contributed by atoms with Crippen LogP contribution in [0.4, 0.5) is 18.9 Å². The molecule has 6 heteroatoms. The van der Waals surface area contributed by atoms with Gasteiger partial charge < -0.3 is 5.73 Å². The van der Waals surface area contributed by atoms with E-state index in [0.717, 1.165) is 6.07 Å². The van der Waals surface area contributed by atoms with E-state index < -0.39 is 17.5 Å². The molecule has 2 aromatic rings. The van der Waals surface area contributed by atoms with Crippen LogP contribution in [-0.4, -0.2) is 5.78 Å². The van der Waals surface area contributed by atoms with Crippen molar-refractivity contribution in [2.45, 2.75) is 6.18 Å². The van der Waals surface area contributed by atoms with Crippen LogP contribution in [-0.2, 0) is 6.18 Å². The van der Waals surface area contributed by atoms with Gasteiger partial charge in [-0.3, -0.25) is 4.79 Å². The Hall–Kier alpha value is -1.82. The molecule has 0 bridgehead atoms. The minimum absolute atomic E-state index is 0.0229. The van der Waals surface area contributed by atoms with Crippen LogP contribution in [0, 0.1) is 0 Å². The highest BCUT2D eigenvalue weighted by Crippen LogP contribution is 2.35. The molecule has 0 spiro atoms. The zero-order valence-electron chi connectivity index (χ0n) is 10.0. The van der Waals surface area contributed by atoms with Gasteiger partial charge in [-0.25, -0.2) is 0 Å². The molecule has 2 nitrogen and oxygen atoms in total. The van der Waals surface area contributed by atoms with Crippen molar-refractivity contribution in [3.8, 4) is 0 Å². The third-order valence-corrected chi connectivity index (χ3v) is 3.40. The van der Waals surface area contributed by atoms with Gasteiger partial charge in [0.05, 0.1) is 5.56 Å². The van der Waals surface area contributed by atoms with Gasteiger partial charge in [-0.15, -0.1) is 0 Å². The number of ketones is 1. The smallest absolute Gasteiger partial charge is 0.399 e. The maximum Gasteiger partial charge on any atom is 0.417 e. The van der Waals surface area contributed by atoms with Crippen molar-refractivity contribution in [1.29, 1.82) is 0 Å². The predicted octanol–water partition coefficient (Wildman–Crippen LogP) is 4.28. The van der Waals surface area contributed by atoms with Crippen molar-refractivity contribution in [2.75, 3.05) is 5.73 Å².